The fraction of sp³-hybridized carbons (Fsp3) is 0.250. The van der Waals surface area contributed by atoms with Crippen molar-refractivity contribution >= 4 is 17.7 Å². The molecule has 3 rings (SSSR count). The van der Waals surface area contributed by atoms with Crippen molar-refractivity contribution in [2.24, 2.45) is 5.92 Å². The molecule has 0 spiro atoms. The quantitative estimate of drug-likeness (QED) is 0.169. The molecule has 0 aromatic heterocycles. The minimum Gasteiger partial charge on any atom is -0.469 e. The fourth-order valence-corrected chi connectivity index (χ4v) is 4.00. The summed E-state index contributed by atoms with van der Waals surface area (Å²) in [5.41, 5.74) is 0.0760. The lowest BCUT2D eigenvalue weighted by molar-refractivity contribution is -0.147. The van der Waals surface area contributed by atoms with Gasteiger partial charge in [0.25, 0.3) is 0 Å². The molecular formula is C28H24F5NO4. The zero-order chi connectivity index (χ0) is 27.8. The molecule has 10 heteroatoms. The second-order valence-electron chi connectivity index (χ2n) is 8.62. The Kier molecular flexibility index (Phi) is 9.70. The zero-order valence-corrected chi connectivity index (χ0v) is 20.3. The Morgan fingerprint density at radius 3 is 1.71 bits per heavy atom. The van der Waals surface area contributed by atoms with E-state index in [1.807, 2.05) is 0 Å². The monoisotopic (exact) mass is 533 g/mol. The molecule has 1 amide bonds. The van der Waals surface area contributed by atoms with Gasteiger partial charge in [-0.2, -0.15) is 0 Å². The lowest BCUT2D eigenvalue weighted by atomic mass is 9.90. The highest BCUT2D eigenvalue weighted by molar-refractivity contribution is 5.92. The number of halogens is 5. The number of carbonyl (C=O) groups excluding carboxylic acids is 3. The smallest absolute Gasteiger partial charge is 0.309 e. The fourth-order valence-electron chi connectivity index (χ4n) is 4.00. The summed E-state index contributed by atoms with van der Waals surface area (Å²) in [6.07, 6.45) is -1.39. The standard InChI is InChI=1S/C28H24F5NO4/c1-38-28(37)18(12-16-8-4-2-5-9-16)14-21(35)20(13-17-10-6-3-7-11-17)34-22(36)15-19-23(29)25(31)27(33)26(32)24(19)30/h2-11,18,20H,12-15H2,1H3,(H,34,36)/t18-,20+/m1/s1. The molecule has 0 aliphatic heterocycles. The molecule has 0 unspecified atom stereocenters. The highest BCUT2D eigenvalue weighted by atomic mass is 19.2. The van der Waals surface area contributed by atoms with E-state index in [1.54, 1.807) is 60.7 Å². The first-order chi connectivity index (χ1) is 18.1. The van der Waals surface area contributed by atoms with Gasteiger partial charge in [0, 0.05) is 12.0 Å². The van der Waals surface area contributed by atoms with Gasteiger partial charge in [0.05, 0.1) is 25.5 Å². The summed E-state index contributed by atoms with van der Waals surface area (Å²) in [6.45, 7) is 0. The Bertz CT molecular complexity index is 1270. The number of carbonyl (C=O) groups is 3. The minimum absolute atomic E-state index is 0.0399. The van der Waals surface area contributed by atoms with Crippen LogP contribution in [0.2, 0.25) is 0 Å². The SMILES string of the molecule is COC(=O)[C@@H](CC(=O)[C@H](Cc1ccccc1)NC(=O)Cc1c(F)c(F)c(F)c(F)c1F)Cc1ccccc1. The molecule has 3 aromatic carbocycles. The van der Waals surface area contributed by atoms with E-state index < -0.39 is 70.7 Å². The Morgan fingerprint density at radius 2 is 1.21 bits per heavy atom. The van der Waals surface area contributed by atoms with Crippen LogP contribution in [0, 0.1) is 35.0 Å². The largest absolute Gasteiger partial charge is 0.469 e. The molecule has 0 aliphatic rings. The molecule has 2 atom stereocenters. The zero-order valence-electron chi connectivity index (χ0n) is 20.3. The summed E-state index contributed by atoms with van der Waals surface area (Å²) in [7, 11) is 1.18. The molecule has 0 fully saturated rings. The maximum absolute atomic E-state index is 14.1. The van der Waals surface area contributed by atoms with Gasteiger partial charge in [-0.05, 0) is 24.0 Å². The van der Waals surface area contributed by atoms with Crippen LogP contribution in [0.5, 0.6) is 0 Å². The normalized spacial score (nSPS) is 12.5. The van der Waals surface area contributed by atoms with Crippen LogP contribution in [0.25, 0.3) is 0 Å². The third kappa shape index (κ3) is 7.02. The molecule has 0 radical (unpaired) electrons. The van der Waals surface area contributed by atoms with Crippen LogP contribution in [-0.4, -0.2) is 30.8 Å². The van der Waals surface area contributed by atoms with Gasteiger partial charge >= 0.3 is 5.97 Å². The highest BCUT2D eigenvalue weighted by Crippen LogP contribution is 2.24. The maximum atomic E-state index is 14.1. The van der Waals surface area contributed by atoms with E-state index in [0.29, 0.717) is 5.56 Å². The number of hydrogen-bond donors (Lipinski definition) is 1. The van der Waals surface area contributed by atoms with Crippen molar-refractivity contribution in [1.29, 1.82) is 0 Å². The summed E-state index contributed by atoms with van der Waals surface area (Å²) in [4.78, 5) is 38.4. The number of esters is 1. The average molecular weight is 533 g/mol. The van der Waals surface area contributed by atoms with Gasteiger partial charge in [-0.25, -0.2) is 22.0 Å². The first-order valence-electron chi connectivity index (χ1n) is 11.6. The van der Waals surface area contributed by atoms with Gasteiger partial charge in [0.1, 0.15) is 0 Å². The van der Waals surface area contributed by atoms with Crippen LogP contribution >= 0.6 is 0 Å². The Labute approximate surface area is 215 Å². The molecule has 38 heavy (non-hydrogen) atoms. The van der Waals surface area contributed by atoms with Crippen LogP contribution in [0.15, 0.2) is 60.7 Å². The number of benzene rings is 3. The van der Waals surface area contributed by atoms with Crippen molar-refractivity contribution < 1.29 is 41.1 Å². The summed E-state index contributed by atoms with van der Waals surface area (Å²) in [5.74, 6) is -14.2. The van der Waals surface area contributed by atoms with Crippen molar-refractivity contribution in [3.63, 3.8) is 0 Å². The Hall–Kier alpha value is -4.08. The number of methoxy groups -OCH3 is 1. The van der Waals surface area contributed by atoms with Crippen molar-refractivity contribution in [1.82, 2.24) is 5.32 Å². The van der Waals surface area contributed by atoms with Gasteiger partial charge in [0.15, 0.2) is 29.1 Å². The lowest BCUT2D eigenvalue weighted by Gasteiger charge is -2.21. The van der Waals surface area contributed by atoms with E-state index >= 15 is 0 Å². The van der Waals surface area contributed by atoms with Gasteiger partial charge in [-0.1, -0.05) is 60.7 Å². The predicted molar refractivity (Wildman–Crippen MR) is 127 cm³/mol. The summed E-state index contributed by atoms with van der Waals surface area (Å²) in [6, 6.07) is 16.1. The molecule has 3 aromatic rings. The van der Waals surface area contributed by atoms with Crippen LogP contribution in [0.3, 0.4) is 0 Å². The molecule has 0 saturated carbocycles. The number of rotatable bonds is 11. The third-order valence-electron chi connectivity index (χ3n) is 5.95. The van der Waals surface area contributed by atoms with Crippen LogP contribution in [0.1, 0.15) is 23.1 Å². The highest BCUT2D eigenvalue weighted by Gasteiger charge is 2.31. The average Bonchev–Trinajstić information content (AvgIpc) is 2.93. The summed E-state index contributed by atoms with van der Waals surface area (Å²) < 4.78 is 73.5. The second-order valence-corrected chi connectivity index (χ2v) is 8.62. The molecule has 5 nitrogen and oxygen atoms in total. The molecular weight excluding hydrogens is 509 g/mol. The second kappa shape index (κ2) is 12.9. The predicted octanol–water partition coefficient (Wildman–Crippen LogP) is 4.64. The van der Waals surface area contributed by atoms with Crippen molar-refractivity contribution in [2.75, 3.05) is 7.11 Å². The molecule has 200 valence electrons. The van der Waals surface area contributed by atoms with E-state index in [1.165, 1.54) is 7.11 Å². The number of nitrogens with one attached hydrogen (secondary N) is 1. The van der Waals surface area contributed by atoms with Crippen LogP contribution in [0.4, 0.5) is 22.0 Å². The Balaban J connectivity index is 1.83. The van der Waals surface area contributed by atoms with Crippen molar-refractivity contribution in [2.45, 2.75) is 31.7 Å². The van der Waals surface area contributed by atoms with Gasteiger partial charge in [0.2, 0.25) is 11.7 Å². The molecule has 0 heterocycles. The molecule has 0 saturated heterocycles. The minimum atomic E-state index is -2.34. The number of ketones is 1. The van der Waals surface area contributed by atoms with E-state index in [0.717, 1.165) is 5.56 Å². The molecule has 0 bridgehead atoms. The summed E-state index contributed by atoms with van der Waals surface area (Å²) in [5, 5.41) is 2.34. The van der Waals surface area contributed by atoms with E-state index in [9.17, 15) is 36.3 Å². The van der Waals surface area contributed by atoms with Crippen molar-refractivity contribution in [3.05, 3.63) is 106 Å². The molecule has 1 N–H and O–H groups in total. The van der Waals surface area contributed by atoms with Gasteiger partial charge in [-0.15, -0.1) is 0 Å². The third-order valence-corrected chi connectivity index (χ3v) is 5.95. The lowest BCUT2D eigenvalue weighted by Crippen LogP contribution is -2.44. The number of hydrogen-bond acceptors (Lipinski definition) is 4. The van der Waals surface area contributed by atoms with E-state index in [-0.39, 0.29) is 19.3 Å². The maximum Gasteiger partial charge on any atom is 0.309 e. The summed E-state index contributed by atoms with van der Waals surface area (Å²) >= 11 is 0. The van der Waals surface area contributed by atoms with E-state index in [2.05, 4.69) is 5.32 Å². The topological polar surface area (TPSA) is 72.5 Å². The molecule has 0 aliphatic carbocycles. The van der Waals surface area contributed by atoms with Crippen LogP contribution < -0.4 is 5.32 Å². The van der Waals surface area contributed by atoms with Gasteiger partial charge in [-0.3, -0.25) is 14.4 Å². The van der Waals surface area contributed by atoms with E-state index in [4.69, 9.17) is 4.74 Å². The first kappa shape index (κ1) is 28.5. The Morgan fingerprint density at radius 1 is 0.737 bits per heavy atom. The first-order valence-corrected chi connectivity index (χ1v) is 11.6. The van der Waals surface area contributed by atoms with Crippen molar-refractivity contribution in [3.8, 4) is 0 Å². The number of amides is 1. The van der Waals surface area contributed by atoms with Crippen LogP contribution in [-0.2, 0) is 38.4 Å². The number of ether oxygens (including phenoxy) is 1. The number of Topliss-reactive ketones (excluding diaryl/α,β-unsaturated/α-hetero) is 1. The van der Waals surface area contributed by atoms with Gasteiger partial charge < -0.3 is 10.1 Å².